The number of anilines is 2. The molecule has 3 aromatic heterocycles. The van der Waals surface area contributed by atoms with Crippen LogP contribution in [0.2, 0.25) is 0 Å². The van der Waals surface area contributed by atoms with Crippen LogP contribution in [0.4, 0.5) is 20.3 Å². The number of hydrogen-bond acceptors (Lipinski definition) is 7. The summed E-state index contributed by atoms with van der Waals surface area (Å²) >= 11 is 0. The van der Waals surface area contributed by atoms with Crippen LogP contribution in [-0.4, -0.2) is 61.4 Å². The molecule has 2 atom stereocenters. The molecule has 4 heterocycles. The van der Waals surface area contributed by atoms with E-state index in [1.165, 1.54) is 12.1 Å². The second-order valence-corrected chi connectivity index (χ2v) is 8.26. The SMILES string of the molecule is CN(C)C(O)Nc1cnn(-c2cnn3ccc(N4CCCC4c4cc(F)ccc4F)nc23)c1. The van der Waals surface area contributed by atoms with Gasteiger partial charge in [0, 0.05) is 18.3 Å². The van der Waals surface area contributed by atoms with Crippen LogP contribution >= 0.6 is 0 Å². The molecule has 33 heavy (non-hydrogen) atoms. The van der Waals surface area contributed by atoms with Gasteiger partial charge in [-0.1, -0.05) is 0 Å². The fourth-order valence-corrected chi connectivity index (χ4v) is 4.11. The van der Waals surface area contributed by atoms with E-state index in [2.05, 4.69) is 15.5 Å². The minimum Gasteiger partial charge on any atom is -0.361 e. The van der Waals surface area contributed by atoms with Crippen LogP contribution in [0.5, 0.6) is 0 Å². The average molecular weight is 454 g/mol. The second-order valence-electron chi connectivity index (χ2n) is 8.26. The Morgan fingerprint density at radius 3 is 2.85 bits per heavy atom. The Kier molecular flexibility index (Phi) is 5.43. The Hall–Kier alpha value is -3.57. The van der Waals surface area contributed by atoms with E-state index in [1.54, 1.807) is 53.0 Å². The molecule has 0 aliphatic carbocycles. The van der Waals surface area contributed by atoms with Crippen molar-refractivity contribution in [2.75, 3.05) is 30.9 Å². The molecule has 1 aromatic carbocycles. The van der Waals surface area contributed by atoms with Crippen LogP contribution in [0.1, 0.15) is 24.4 Å². The van der Waals surface area contributed by atoms with E-state index in [-0.39, 0.29) is 6.04 Å². The van der Waals surface area contributed by atoms with Crippen molar-refractivity contribution in [2.45, 2.75) is 25.2 Å². The van der Waals surface area contributed by atoms with Crippen molar-refractivity contribution in [1.29, 1.82) is 0 Å². The lowest BCUT2D eigenvalue weighted by molar-refractivity contribution is 0.0660. The van der Waals surface area contributed by atoms with Crippen molar-refractivity contribution >= 4 is 17.2 Å². The Bertz CT molecular complexity index is 1290. The first-order chi connectivity index (χ1) is 15.9. The van der Waals surface area contributed by atoms with Gasteiger partial charge in [-0.3, -0.25) is 4.90 Å². The van der Waals surface area contributed by atoms with Crippen molar-refractivity contribution in [3.63, 3.8) is 0 Å². The van der Waals surface area contributed by atoms with Crippen molar-refractivity contribution in [1.82, 2.24) is 29.3 Å². The Morgan fingerprint density at radius 1 is 1.18 bits per heavy atom. The van der Waals surface area contributed by atoms with Crippen LogP contribution in [0.3, 0.4) is 0 Å². The first-order valence-corrected chi connectivity index (χ1v) is 10.6. The van der Waals surface area contributed by atoms with Crippen LogP contribution in [0, 0.1) is 11.6 Å². The molecule has 1 fully saturated rings. The van der Waals surface area contributed by atoms with Gasteiger partial charge in [0.25, 0.3) is 0 Å². The van der Waals surface area contributed by atoms with Gasteiger partial charge in [0.05, 0.1) is 30.3 Å². The molecule has 1 aliphatic rings. The summed E-state index contributed by atoms with van der Waals surface area (Å²) in [6, 6.07) is 5.09. The summed E-state index contributed by atoms with van der Waals surface area (Å²) in [6.45, 7) is 0.686. The molecule has 0 amide bonds. The lowest BCUT2D eigenvalue weighted by Gasteiger charge is -2.26. The molecular weight excluding hydrogens is 430 g/mol. The van der Waals surface area contributed by atoms with Gasteiger partial charge in [0.1, 0.15) is 23.1 Å². The van der Waals surface area contributed by atoms with E-state index in [1.807, 2.05) is 11.0 Å². The third kappa shape index (κ3) is 4.00. The minimum atomic E-state index is -0.855. The summed E-state index contributed by atoms with van der Waals surface area (Å²) in [5, 5.41) is 21.6. The number of halogens is 2. The van der Waals surface area contributed by atoms with Gasteiger partial charge in [-0.05, 0) is 51.2 Å². The summed E-state index contributed by atoms with van der Waals surface area (Å²) in [5.41, 5.74) is 2.19. The fraction of sp³-hybridized carbons (Fsp3) is 0.318. The van der Waals surface area contributed by atoms with Crippen LogP contribution < -0.4 is 10.2 Å². The van der Waals surface area contributed by atoms with E-state index in [0.717, 1.165) is 12.5 Å². The third-order valence-corrected chi connectivity index (χ3v) is 5.81. The lowest BCUT2D eigenvalue weighted by atomic mass is 10.0. The number of nitrogens with one attached hydrogen (secondary N) is 1. The summed E-state index contributed by atoms with van der Waals surface area (Å²) in [7, 11) is 3.50. The van der Waals surface area contributed by atoms with Crippen LogP contribution in [0.15, 0.2) is 49.1 Å². The highest BCUT2D eigenvalue weighted by Gasteiger charge is 2.30. The number of aromatic nitrogens is 5. The quantitative estimate of drug-likeness (QED) is 0.433. The maximum Gasteiger partial charge on any atom is 0.183 e. The zero-order chi connectivity index (χ0) is 23.1. The van der Waals surface area contributed by atoms with Crippen LogP contribution in [0.25, 0.3) is 11.3 Å². The van der Waals surface area contributed by atoms with Crippen molar-refractivity contribution < 1.29 is 13.9 Å². The highest BCUT2D eigenvalue weighted by molar-refractivity contribution is 5.62. The number of fused-ring (bicyclic) bond motifs is 1. The predicted molar refractivity (Wildman–Crippen MR) is 119 cm³/mol. The Labute approximate surface area is 188 Å². The predicted octanol–water partition coefficient (Wildman–Crippen LogP) is 2.78. The second kappa shape index (κ2) is 8.41. The number of benzene rings is 1. The molecule has 0 bridgehead atoms. The molecule has 2 N–H and O–H groups in total. The highest BCUT2D eigenvalue weighted by Crippen LogP contribution is 2.37. The van der Waals surface area contributed by atoms with E-state index >= 15 is 0 Å². The van der Waals surface area contributed by atoms with Gasteiger partial charge >= 0.3 is 0 Å². The molecule has 0 saturated carbocycles. The van der Waals surface area contributed by atoms with Crippen LogP contribution in [-0.2, 0) is 0 Å². The molecular formula is C22H24F2N8O. The molecule has 0 spiro atoms. The first-order valence-electron chi connectivity index (χ1n) is 10.6. The largest absolute Gasteiger partial charge is 0.361 e. The molecule has 172 valence electrons. The van der Waals surface area contributed by atoms with Crippen molar-refractivity contribution in [2.24, 2.45) is 0 Å². The monoisotopic (exact) mass is 454 g/mol. The van der Waals surface area contributed by atoms with Gasteiger partial charge in [-0.25, -0.2) is 23.0 Å². The lowest BCUT2D eigenvalue weighted by Crippen LogP contribution is -2.34. The van der Waals surface area contributed by atoms with Gasteiger partial charge in [0.15, 0.2) is 12.0 Å². The van der Waals surface area contributed by atoms with Crippen molar-refractivity contribution in [3.05, 3.63) is 66.3 Å². The third-order valence-electron chi connectivity index (χ3n) is 5.81. The standard InChI is InChI=1S/C22H24F2N8O/c1-29(2)22(33)27-15-11-25-32(13-15)19-12-26-31-9-7-20(28-21(19)31)30-8-3-4-18(30)16-10-14(23)5-6-17(16)24/h5-7,9-13,18,22,27,33H,3-4,8H2,1-2H3. The van der Waals surface area contributed by atoms with Gasteiger partial charge in [0.2, 0.25) is 0 Å². The average Bonchev–Trinajstić information content (AvgIpc) is 3.53. The summed E-state index contributed by atoms with van der Waals surface area (Å²) in [4.78, 5) is 8.41. The number of rotatable bonds is 6. The maximum absolute atomic E-state index is 14.5. The zero-order valence-corrected chi connectivity index (χ0v) is 18.2. The number of aliphatic hydroxyl groups is 1. The Morgan fingerprint density at radius 2 is 2.03 bits per heavy atom. The molecule has 1 aliphatic heterocycles. The van der Waals surface area contributed by atoms with E-state index < -0.39 is 18.0 Å². The number of hydrogen-bond donors (Lipinski definition) is 2. The maximum atomic E-state index is 14.5. The molecule has 9 nitrogen and oxygen atoms in total. The van der Waals surface area contributed by atoms with Crippen molar-refractivity contribution in [3.8, 4) is 5.69 Å². The number of nitrogens with zero attached hydrogens (tertiary/aromatic N) is 7. The highest BCUT2D eigenvalue weighted by atomic mass is 19.1. The number of aliphatic hydroxyl groups excluding tert-OH is 1. The van der Waals surface area contributed by atoms with Gasteiger partial charge < -0.3 is 15.3 Å². The Balaban J connectivity index is 1.47. The summed E-state index contributed by atoms with van der Waals surface area (Å²) < 4.78 is 31.6. The fourth-order valence-electron chi connectivity index (χ4n) is 4.11. The normalized spacial score (nSPS) is 17.3. The van der Waals surface area contributed by atoms with Gasteiger partial charge in [-0.2, -0.15) is 10.2 Å². The minimum absolute atomic E-state index is 0.296. The van der Waals surface area contributed by atoms with Gasteiger partial charge in [-0.15, -0.1) is 0 Å². The van der Waals surface area contributed by atoms with E-state index in [4.69, 9.17) is 4.98 Å². The van der Waals surface area contributed by atoms with E-state index in [0.29, 0.717) is 41.4 Å². The molecule has 5 rings (SSSR count). The molecule has 4 aromatic rings. The topological polar surface area (TPSA) is 86.8 Å². The molecule has 11 heteroatoms. The molecule has 1 saturated heterocycles. The first kappa shape index (κ1) is 21.3. The van der Waals surface area contributed by atoms with E-state index in [9.17, 15) is 13.9 Å². The zero-order valence-electron chi connectivity index (χ0n) is 18.2. The molecule has 2 unspecified atom stereocenters. The summed E-state index contributed by atoms with van der Waals surface area (Å²) in [5.74, 6) is -0.220. The smallest absolute Gasteiger partial charge is 0.183 e. The molecule has 0 radical (unpaired) electrons. The summed E-state index contributed by atoms with van der Waals surface area (Å²) in [6.07, 6.45) is 7.48.